The van der Waals surface area contributed by atoms with Gasteiger partial charge in [-0.05, 0) is 62.3 Å². The van der Waals surface area contributed by atoms with Gasteiger partial charge >= 0.3 is 5.97 Å². The van der Waals surface area contributed by atoms with Gasteiger partial charge in [-0.15, -0.1) is 0 Å². The van der Waals surface area contributed by atoms with Gasteiger partial charge < -0.3 is 20.6 Å². The average molecular weight is 539 g/mol. The number of aliphatic carboxylic acids is 1. The predicted octanol–water partition coefficient (Wildman–Crippen LogP) is 5.13. The zero-order chi connectivity index (χ0) is 27.5. The summed E-state index contributed by atoms with van der Waals surface area (Å²) in [6, 6.07) is 12.8. The first kappa shape index (κ1) is 28.4. The predicted molar refractivity (Wildman–Crippen MR) is 148 cm³/mol. The number of hydrogen-bond acceptors (Lipinski definition) is 7. The number of alkyl halides is 2. The lowest BCUT2D eigenvalue weighted by atomic mass is 10.1. The Morgan fingerprint density at radius 2 is 1.90 bits per heavy atom. The third-order valence-corrected chi connectivity index (χ3v) is 6.91. The Morgan fingerprint density at radius 3 is 2.69 bits per heavy atom. The number of carboxylic acids is 1. The number of fused-ring (bicyclic) bond motifs is 1. The van der Waals surface area contributed by atoms with Crippen molar-refractivity contribution in [3.63, 3.8) is 0 Å². The standard InChI is InChI=1S/C29H36F2N6O2/c30-26(31)14-18-37(16-5-4-10-23-12-11-22-9-6-15-33-27(22)35-23)17-13-25(29(38)39)36-28-24(19-32-20-34-28)21-7-2-1-3-8-21/h1-3,7-8,11-12,19-20,25-26H,4-6,9-10,13-18H2,(H,33,35)(H,38,39)(H,32,34,36)/t25-/m0/s1. The van der Waals surface area contributed by atoms with E-state index in [9.17, 15) is 18.7 Å². The number of hydrogen-bond donors (Lipinski definition) is 3. The fourth-order valence-electron chi connectivity index (χ4n) is 4.77. The van der Waals surface area contributed by atoms with Crippen molar-refractivity contribution in [3.05, 3.63) is 66.2 Å². The van der Waals surface area contributed by atoms with Gasteiger partial charge in [0.1, 0.15) is 24.0 Å². The van der Waals surface area contributed by atoms with Crippen LogP contribution >= 0.6 is 0 Å². The topological polar surface area (TPSA) is 103 Å². The first-order chi connectivity index (χ1) is 19.0. The zero-order valence-electron chi connectivity index (χ0n) is 22.0. The Balaban J connectivity index is 1.32. The highest BCUT2D eigenvalue weighted by Gasteiger charge is 2.21. The van der Waals surface area contributed by atoms with Crippen LogP contribution in [0.4, 0.5) is 20.4 Å². The molecule has 3 heterocycles. The molecule has 8 nitrogen and oxygen atoms in total. The van der Waals surface area contributed by atoms with Gasteiger partial charge in [0.2, 0.25) is 6.43 Å². The number of benzene rings is 1. The lowest BCUT2D eigenvalue weighted by molar-refractivity contribution is -0.138. The number of aromatic nitrogens is 3. The molecule has 1 aliphatic heterocycles. The minimum atomic E-state index is -2.40. The zero-order valence-corrected chi connectivity index (χ0v) is 22.0. The number of aryl methyl sites for hydroxylation is 2. The maximum absolute atomic E-state index is 13.0. The molecule has 1 atom stereocenters. The quantitative estimate of drug-likeness (QED) is 0.229. The summed E-state index contributed by atoms with van der Waals surface area (Å²) in [5.41, 5.74) is 3.84. The molecule has 0 bridgehead atoms. The molecule has 0 fully saturated rings. The van der Waals surface area contributed by atoms with Crippen molar-refractivity contribution in [2.45, 2.75) is 57.4 Å². The summed E-state index contributed by atoms with van der Waals surface area (Å²) < 4.78 is 26.0. The van der Waals surface area contributed by atoms with Crippen LogP contribution in [0.5, 0.6) is 0 Å². The van der Waals surface area contributed by atoms with Crippen LogP contribution in [0, 0.1) is 0 Å². The van der Waals surface area contributed by atoms with E-state index >= 15 is 0 Å². The monoisotopic (exact) mass is 538 g/mol. The van der Waals surface area contributed by atoms with Crippen molar-refractivity contribution in [1.29, 1.82) is 0 Å². The Morgan fingerprint density at radius 1 is 1.08 bits per heavy atom. The number of unbranched alkanes of at least 4 members (excludes halogenated alkanes) is 1. The van der Waals surface area contributed by atoms with Gasteiger partial charge in [0, 0.05) is 43.5 Å². The molecule has 10 heteroatoms. The van der Waals surface area contributed by atoms with E-state index in [4.69, 9.17) is 4.98 Å². The van der Waals surface area contributed by atoms with Crippen LogP contribution in [0.25, 0.3) is 11.1 Å². The molecule has 1 aliphatic rings. The molecule has 1 aromatic carbocycles. The molecule has 3 N–H and O–H groups in total. The molecule has 208 valence electrons. The second kappa shape index (κ2) is 14.5. The van der Waals surface area contributed by atoms with Gasteiger partial charge in [0.15, 0.2) is 0 Å². The molecule has 2 aromatic heterocycles. The molecular weight excluding hydrogens is 502 g/mol. The molecule has 0 saturated carbocycles. The minimum Gasteiger partial charge on any atom is -0.480 e. The number of halogens is 2. The normalized spacial score (nSPS) is 13.6. The summed E-state index contributed by atoms with van der Waals surface area (Å²) >= 11 is 0. The average Bonchev–Trinajstić information content (AvgIpc) is 2.95. The second-order valence-corrected chi connectivity index (χ2v) is 9.79. The van der Waals surface area contributed by atoms with Crippen LogP contribution in [0.2, 0.25) is 0 Å². The Kier molecular flexibility index (Phi) is 10.5. The van der Waals surface area contributed by atoms with Gasteiger partial charge in [0.05, 0.1) is 0 Å². The van der Waals surface area contributed by atoms with Gasteiger partial charge in [-0.2, -0.15) is 0 Å². The van der Waals surface area contributed by atoms with E-state index in [-0.39, 0.29) is 19.4 Å². The van der Waals surface area contributed by atoms with Crippen molar-refractivity contribution < 1.29 is 18.7 Å². The van der Waals surface area contributed by atoms with Gasteiger partial charge in [-0.25, -0.2) is 28.5 Å². The molecule has 4 rings (SSSR count). The molecule has 0 saturated heterocycles. The lowest BCUT2D eigenvalue weighted by Gasteiger charge is -2.25. The largest absolute Gasteiger partial charge is 0.480 e. The molecule has 0 amide bonds. The fourth-order valence-corrected chi connectivity index (χ4v) is 4.77. The Hall–Kier alpha value is -3.66. The van der Waals surface area contributed by atoms with E-state index < -0.39 is 18.4 Å². The molecular formula is C29H36F2N6O2. The summed E-state index contributed by atoms with van der Waals surface area (Å²) in [4.78, 5) is 27.1. The lowest BCUT2D eigenvalue weighted by Crippen LogP contribution is -2.36. The summed E-state index contributed by atoms with van der Waals surface area (Å²) in [7, 11) is 0. The van der Waals surface area contributed by atoms with Gasteiger partial charge in [-0.1, -0.05) is 36.4 Å². The third-order valence-electron chi connectivity index (χ3n) is 6.91. The van der Waals surface area contributed by atoms with Crippen LogP contribution in [0.1, 0.15) is 43.4 Å². The second-order valence-electron chi connectivity index (χ2n) is 9.79. The van der Waals surface area contributed by atoms with Crippen molar-refractivity contribution >= 4 is 17.6 Å². The molecule has 0 spiro atoms. The highest BCUT2D eigenvalue weighted by Crippen LogP contribution is 2.26. The van der Waals surface area contributed by atoms with E-state index in [2.05, 4.69) is 32.7 Å². The highest BCUT2D eigenvalue weighted by atomic mass is 19.3. The number of carboxylic acid groups (broad SMARTS) is 1. The number of rotatable bonds is 15. The molecule has 0 unspecified atom stereocenters. The molecule has 0 aliphatic carbocycles. The van der Waals surface area contributed by atoms with Crippen LogP contribution in [-0.4, -0.2) is 69.6 Å². The SMILES string of the molecule is O=C(O)[C@H](CCN(CCCCc1ccc2c(n1)NCCC2)CCC(F)F)Nc1ncncc1-c1ccccc1. The molecule has 3 aromatic rings. The van der Waals surface area contributed by atoms with E-state index in [1.807, 2.05) is 35.2 Å². The number of nitrogens with zero attached hydrogens (tertiary/aromatic N) is 4. The van der Waals surface area contributed by atoms with Crippen molar-refractivity contribution in [3.8, 4) is 11.1 Å². The first-order valence-electron chi connectivity index (χ1n) is 13.6. The molecule has 39 heavy (non-hydrogen) atoms. The Bertz CT molecular complexity index is 1200. The number of carbonyl (C=O) groups is 1. The van der Waals surface area contributed by atoms with Crippen LogP contribution < -0.4 is 10.6 Å². The molecule has 0 radical (unpaired) electrons. The fraction of sp³-hybridized carbons (Fsp3) is 0.448. The van der Waals surface area contributed by atoms with Crippen molar-refractivity contribution in [2.75, 3.05) is 36.8 Å². The Labute approximate surface area is 227 Å². The van der Waals surface area contributed by atoms with Crippen LogP contribution in [0.15, 0.2) is 55.0 Å². The van der Waals surface area contributed by atoms with E-state index in [1.54, 1.807) is 6.20 Å². The van der Waals surface area contributed by atoms with Gasteiger partial charge in [-0.3, -0.25) is 0 Å². The van der Waals surface area contributed by atoms with E-state index in [0.717, 1.165) is 55.7 Å². The van der Waals surface area contributed by atoms with Crippen LogP contribution in [0.3, 0.4) is 0 Å². The van der Waals surface area contributed by atoms with Gasteiger partial charge in [0.25, 0.3) is 0 Å². The smallest absolute Gasteiger partial charge is 0.326 e. The number of anilines is 2. The first-order valence-corrected chi connectivity index (χ1v) is 13.6. The van der Waals surface area contributed by atoms with Crippen molar-refractivity contribution in [2.24, 2.45) is 0 Å². The van der Waals surface area contributed by atoms with Crippen LogP contribution in [-0.2, 0) is 17.6 Å². The minimum absolute atomic E-state index is 0.216. The van der Waals surface area contributed by atoms with Crippen molar-refractivity contribution in [1.82, 2.24) is 19.9 Å². The van der Waals surface area contributed by atoms with E-state index in [0.29, 0.717) is 24.5 Å². The number of nitrogens with one attached hydrogen (secondary N) is 2. The highest BCUT2D eigenvalue weighted by molar-refractivity contribution is 5.81. The third kappa shape index (κ3) is 8.68. The maximum atomic E-state index is 13.0. The summed E-state index contributed by atoms with van der Waals surface area (Å²) in [5.74, 6) is 0.381. The maximum Gasteiger partial charge on any atom is 0.326 e. The summed E-state index contributed by atoms with van der Waals surface area (Å²) in [6.07, 6.45) is 5.28. The summed E-state index contributed by atoms with van der Waals surface area (Å²) in [6.45, 7) is 2.15. The number of pyridine rings is 1. The summed E-state index contributed by atoms with van der Waals surface area (Å²) in [5, 5.41) is 16.3. The van der Waals surface area contributed by atoms with E-state index in [1.165, 1.54) is 11.9 Å².